The van der Waals surface area contributed by atoms with E-state index in [1.165, 1.54) is 0 Å². The zero-order valence-corrected chi connectivity index (χ0v) is 23.3. The number of rotatable bonds is 6. The Morgan fingerprint density at radius 2 is 1.85 bits per heavy atom. The van der Waals surface area contributed by atoms with E-state index in [-0.39, 0.29) is 11.4 Å². The molecule has 1 saturated heterocycles. The third kappa shape index (κ3) is 4.35. The number of methoxy groups -OCH3 is 1. The van der Waals surface area contributed by atoms with Crippen LogP contribution >= 0.6 is 11.3 Å². The third-order valence-corrected chi connectivity index (χ3v) is 9.22. The molecule has 2 aliphatic heterocycles. The van der Waals surface area contributed by atoms with E-state index in [0.717, 1.165) is 59.5 Å². The number of aromatic nitrogens is 1. The Labute approximate surface area is 232 Å². The van der Waals surface area contributed by atoms with Crippen LogP contribution in [0.3, 0.4) is 0 Å². The molecule has 4 aromatic rings. The molecular formula is C32H32N2O4S. The first-order valence-corrected chi connectivity index (χ1v) is 14.4. The normalized spacial score (nSPS) is 18.0. The van der Waals surface area contributed by atoms with Gasteiger partial charge in [-0.25, -0.2) is 4.79 Å². The van der Waals surface area contributed by atoms with Gasteiger partial charge in [-0.2, -0.15) is 0 Å². The molecule has 1 amide bonds. The summed E-state index contributed by atoms with van der Waals surface area (Å²) in [7, 11) is 1.57. The fourth-order valence-corrected chi connectivity index (χ4v) is 6.75. The number of para-hydroxylation sites is 1. The third-order valence-electron chi connectivity index (χ3n) is 8.32. The summed E-state index contributed by atoms with van der Waals surface area (Å²) in [5.41, 5.74) is 4.95. The number of thiophene rings is 1. The van der Waals surface area contributed by atoms with Crippen LogP contribution in [0, 0.1) is 0 Å². The first-order chi connectivity index (χ1) is 18.9. The number of likely N-dealkylation sites (tertiary alicyclic amines) is 1. The van der Waals surface area contributed by atoms with Gasteiger partial charge in [0.2, 0.25) is 0 Å². The Balaban J connectivity index is 1.49. The fourth-order valence-electron chi connectivity index (χ4n) is 6.00. The summed E-state index contributed by atoms with van der Waals surface area (Å²) in [6, 6.07) is 19.0. The van der Waals surface area contributed by atoms with Crippen molar-refractivity contribution < 1.29 is 19.1 Å². The van der Waals surface area contributed by atoms with E-state index in [1.54, 1.807) is 30.6 Å². The van der Waals surface area contributed by atoms with E-state index in [1.807, 2.05) is 36.4 Å². The van der Waals surface area contributed by atoms with Gasteiger partial charge < -0.3 is 18.9 Å². The van der Waals surface area contributed by atoms with Gasteiger partial charge in [-0.1, -0.05) is 31.2 Å². The molecule has 6 rings (SSSR count). The number of ether oxygens (including phenoxy) is 2. The summed E-state index contributed by atoms with van der Waals surface area (Å²) in [5.74, 6) is 0.567. The van der Waals surface area contributed by atoms with Crippen molar-refractivity contribution in [2.24, 2.45) is 0 Å². The maximum absolute atomic E-state index is 14.1. The highest BCUT2D eigenvalue weighted by molar-refractivity contribution is 7.13. The highest BCUT2D eigenvalue weighted by Crippen LogP contribution is 2.44. The van der Waals surface area contributed by atoms with Gasteiger partial charge in [0.25, 0.3) is 5.91 Å². The van der Waals surface area contributed by atoms with Crippen molar-refractivity contribution in [2.75, 3.05) is 13.7 Å². The molecule has 39 heavy (non-hydrogen) atoms. The molecule has 2 aliphatic rings. The Morgan fingerprint density at radius 1 is 1.03 bits per heavy atom. The average molecular weight is 541 g/mol. The Hall–Kier alpha value is -3.84. The molecule has 0 unspecified atom stereocenters. The predicted octanol–water partition coefficient (Wildman–Crippen LogP) is 7.07. The summed E-state index contributed by atoms with van der Waals surface area (Å²) in [5, 5.41) is 2.05. The van der Waals surface area contributed by atoms with E-state index < -0.39 is 5.97 Å². The molecule has 1 atom stereocenters. The van der Waals surface area contributed by atoms with Crippen molar-refractivity contribution in [3.05, 3.63) is 82.9 Å². The molecule has 0 spiro atoms. The van der Waals surface area contributed by atoms with Gasteiger partial charge in [0.15, 0.2) is 0 Å². The van der Waals surface area contributed by atoms with Gasteiger partial charge in [0.1, 0.15) is 22.8 Å². The molecule has 2 aromatic carbocycles. The van der Waals surface area contributed by atoms with Crippen LogP contribution in [-0.2, 0) is 13.0 Å². The van der Waals surface area contributed by atoms with Crippen LogP contribution in [0.1, 0.15) is 59.5 Å². The standard InChI is InChI=1S/C32H32N2O4S/c1-4-32(2)14-9-15-34(32)30(35)26-20-25(28-12-8-17-39-28)29-23-19-24(31(36)38-22-10-6-5-7-11-22)27(37-3)18-21(23)13-16-33(26)29/h5-8,10-12,17-20H,4,9,13-16H2,1-3H3/t32-/m0/s1. The number of benzene rings is 2. The highest BCUT2D eigenvalue weighted by Gasteiger charge is 2.40. The Kier molecular flexibility index (Phi) is 6.55. The molecule has 4 heterocycles. The summed E-state index contributed by atoms with van der Waals surface area (Å²) in [6.07, 6.45) is 3.71. The minimum absolute atomic E-state index is 0.0848. The second-order valence-electron chi connectivity index (χ2n) is 10.5. The smallest absolute Gasteiger partial charge is 0.347 e. The molecule has 0 N–H and O–H groups in total. The van der Waals surface area contributed by atoms with Gasteiger partial charge in [-0.15, -0.1) is 11.3 Å². The van der Waals surface area contributed by atoms with E-state index in [4.69, 9.17) is 9.47 Å². The lowest BCUT2D eigenvalue weighted by Crippen LogP contribution is -2.45. The van der Waals surface area contributed by atoms with Crippen LogP contribution < -0.4 is 9.47 Å². The number of esters is 1. The lowest BCUT2D eigenvalue weighted by atomic mass is 9.93. The fraction of sp³-hybridized carbons (Fsp3) is 0.312. The van der Waals surface area contributed by atoms with Crippen molar-refractivity contribution in [2.45, 2.75) is 51.6 Å². The quantitative estimate of drug-likeness (QED) is 0.194. The topological polar surface area (TPSA) is 60.8 Å². The van der Waals surface area contributed by atoms with Crippen LogP contribution in [-0.4, -0.2) is 40.5 Å². The zero-order valence-electron chi connectivity index (χ0n) is 22.5. The number of aryl methyl sites for hydroxylation is 1. The molecule has 0 bridgehead atoms. The van der Waals surface area contributed by atoms with Crippen LogP contribution in [0.2, 0.25) is 0 Å². The maximum Gasteiger partial charge on any atom is 0.347 e. The molecule has 200 valence electrons. The van der Waals surface area contributed by atoms with Crippen molar-refractivity contribution >= 4 is 23.2 Å². The van der Waals surface area contributed by atoms with Crippen molar-refractivity contribution in [1.29, 1.82) is 0 Å². The Bertz CT molecular complexity index is 1540. The highest BCUT2D eigenvalue weighted by atomic mass is 32.1. The number of carbonyl (C=O) groups excluding carboxylic acids is 2. The van der Waals surface area contributed by atoms with E-state index in [2.05, 4.69) is 40.8 Å². The monoisotopic (exact) mass is 540 g/mol. The van der Waals surface area contributed by atoms with E-state index in [0.29, 0.717) is 29.3 Å². The molecule has 0 aliphatic carbocycles. The van der Waals surface area contributed by atoms with Gasteiger partial charge in [0, 0.05) is 34.6 Å². The molecule has 0 saturated carbocycles. The number of hydrogen-bond acceptors (Lipinski definition) is 5. The van der Waals surface area contributed by atoms with Crippen molar-refractivity contribution in [3.8, 4) is 33.2 Å². The number of amides is 1. The second kappa shape index (κ2) is 10.0. The lowest BCUT2D eigenvalue weighted by molar-refractivity contribution is 0.0605. The minimum atomic E-state index is -0.478. The van der Waals surface area contributed by atoms with Crippen LogP contribution in [0.5, 0.6) is 11.5 Å². The van der Waals surface area contributed by atoms with E-state index in [9.17, 15) is 9.59 Å². The van der Waals surface area contributed by atoms with Gasteiger partial charge in [-0.3, -0.25) is 4.79 Å². The van der Waals surface area contributed by atoms with Crippen molar-refractivity contribution in [1.82, 2.24) is 9.47 Å². The molecule has 6 nitrogen and oxygen atoms in total. The van der Waals surface area contributed by atoms with Gasteiger partial charge in [-0.05, 0) is 79.9 Å². The maximum atomic E-state index is 14.1. The van der Waals surface area contributed by atoms with E-state index >= 15 is 0 Å². The first kappa shape index (κ1) is 25.4. The van der Waals surface area contributed by atoms with Crippen LogP contribution in [0.15, 0.2) is 66.0 Å². The number of carbonyl (C=O) groups is 2. The second-order valence-corrected chi connectivity index (χ2v) is 11.4. The minimum Gasteiger partial charge on any atom is -0.496 e. The lowest BCUT2D eigenvalue weighted by Gasteiger charge is -2.35. The van der Waals surface area contributed by atoms with Gasteiger partial charge >= 0.3 is 5.97 Å². The predicted molar refractivity (Wildman–Crippen MR) is 154 cm³/mol. The average Bonchev–Trinajstić information content (AvgIpc) is 3.71. The largest absolute Gasteiger partial charge is 0.496 e. The number of hydrogen-bond donors (Lipinski definition) is 0. The SMILES string of the molecule is CC[C@@]1(C)CCCN1C(=O)c1cc(-c2cccs2)c2n1CCc1cc(OC)c(C(=O)Oc3ccccc3)cc1-2. The van der Waals surface area contributed by atoms with Gasteiger partial charge in [0.05, 0.1) is 12.8 Å². The van der Waals surface area contributed by atoms with Crippen LogP contribution in [0.25, 0.3) is 21.7 Å². The van der Waals surface area contributed by atoms with Crippen LogP contribution in [0.4, 0.5) is 0 Å². The zero-order chi connectivity index (χ0) is 27.1. The number of fused-ring (bicyclic) bond motifs is 3. The molecule has 7 heteroatoms. The molecule has 1 fully saturated rings. The number of nitrogens with zero attached hydrogens (tertiary/aromatic N) is 2. The summed E-state index contributed by atoms with van der Waals surface area (Å²) < 4.78 is 13.5. The summed E-state index contributed by atoms with van der Waals surface area (Å²) in [6.45, 7) is 5.82. The molecular weight excluding hydrogens is 508 g/mol. The summed E-state index contributed by atoms with van der Waals surface area (Å²) >= 11 is 1.65. The molecule has 0 radical (unpaired) electrons. The Morgan fingerprint density at radius 3 is 2.56 bits per heavy atom. The summed E-state index contributed by atoms with van der Waals surface area (Å²) in [4.78, 5) is 30.6. The van der Waals surface area contributed by atoms with Crippen molar-refractivity contribution in [3.63, 3.8) is 0 Å². The molecule has 2 aromatic heterocycles. The first-order valence-electron chi connectivity index (χ1n) is 13.5.